The van der Waals surface area contributed by atoms with Crippen LogP contribution in [0.15, 0.2) is 13.6 Å². The molecule has 70 valence electrons. The van der Waals surface area contributed by atoms with Crippen molar-refractivity contribution >= 4 is 54.9 Å². The third kappa shape index (κ3) is 2.38. The van der Waals surface area contributed by atoms with Gasteiger partial charge in [0.15, 0.2) is 0 Å². The van der Waals surface area contributed by atoms with Gasteiger partial charge in [0.05, 0.1) is 20.2 Å². The predicted octanol–water partition coefficient (Wildman–Crippen LogP) is 2.63. The van der Waals surface area contributed by atoms with E-state index in [1.807, 2.05) is 0 Å². The highest BCUT2D eigenvalue weighted by Gasteiger charge is 2.21. The van der Waals surface area contributed by atoms with Gasteiger partial charge in [0.1, 0.15) is 0 Å². The number of halogens is 2. The zero-order chi connectivity index (χ0) is 10.0. The molecule has 1 aromatic rings. The van der Waals surface area contributed by atoms with Gasteiger partial charge in [0.2, 0.25) is 0 Å². The van der Waals surface area contributed by atoms with Crippen molar-refractivity contribution in [3.8, 4) is 0 Å². The van der Waals surface area contributed by atoms with Gasteiger partial charge in [0, 0.05) is 0 Å². The molecule has 0 atom stereocenters. The normalized spacial score (nSPS) is 9.77. The van der Waals surface area contributed by atoms with Gasteiger partial charge in [-0.25, -0.2) is 4.79 Å². The van der Waals surface area contributed by atoms with Gasteiger partial charge in [-0.1, -0.05) is 0 Å². The van der Waals surface area contributed by atoms with Gasteiger partial charge in [-0.15, -0.1) is 11.3 Å². The molecule has 0 bridgehead atoms. The highest BCUT2D eigenvalue weighted by Crippen LogP contribution is 2.32. The molecule has 1 heterocycles. The van der Waals surface area contributed by atoms with Crippen molar-refractivity contribution < 1.29 is 14.3 Å². The number of rotatable bonds is 2. The molecule has 1 aromatic heterocycles. The standard InChI is InChI=1S/C7H4Br2O3S/c1-12-7(11)5(10)3-2-4(8)13-6(3)9/h2H,1H3. The van der Waals surface area contributed by atoms with Crippen molar-refractivity contribution in [2.24, 2.45) is 0 Å². The molecule has 0 aromatic carbocycles. The first-order valence-electron chi connectivity index (χ1n) is 3.13. The average Bonchev–Trinajstić information content (AvgIpc) is 2.42. The van der Waals surface area contributed by atoms with Crippen LogP contribution in [0.1, 0.15) is 10.4 Å². The van der Waals surface area contributed by atoms with Crippen LogP contribution in [0.2, 0.25) is 0 Å². The van der Waals surface area contributed by atoms with E-state index in [4.69, 9.17) is 0 Å². The number of hydrogen-bond acceptors (Lipinski definition) is 4. The minimum Gasteiger partial charge on any atom is -0.463 e. The Morgan fingerprint density at radius 3 is 2.46 bits per heavy atom. The minimum absolute atomic E-state index is 0.323. The van der Waals surface area contributed by atoms with Gasteiger partial charge in [-0.05, 0) is 37.9 Å². The number of methoxy groups -OCH3 is 1. The minimum atomic E-state index is -0.856. The summed E-state index contributed by atoms with van der Waals surface area (Å²) in [4.78, 5) is 22.2. The van der Waals surface area contributed by atoms with Crippen LogP contribution in [0.5, 0.6) is 0 Å². The summed E-state index contributed by atoms with van der Waals surface area (Å²) in [5, 5.41) is 0. The Balaban J connectivity index is 3.01. The van der Waals surface area contributed by atoms with Gasteiger partial charge in [-0.3, -0.25) is 4.79 Å². The third-order valence-electron chi connectivity index (χ3n) is 1.27. The summed E-state index contributed by atoms with van der Waals surface area (Å²) in [5.41, 5.74) is 0.323. The van der Waals surface area contributed by atoms with Gasteiger partial charge >= 0.3 is 5.97 Å². The van der Waals surface area contributed by atoms with E-state index in [1.165, 1.54) is 18.4 Å². The van der Waals surface area contributed by atoms with Crippen molar-refractivity contribution in [2.45, 2.75) is 0 Å². The smallest absolute Gasteiger partial charge is 0.379 e. The molecular weight excluding hydrogens is 324 g/mol. The molecule has 0 aliphatic rings. The maximum absolute atomic E-state index is 11.3. The summed E-state index contributed by atoms with van der Waals surface area (Å²) < 4.78 is 5.71. The number of thiophene rings is 1. The maximum atomic E-state index is 11.3. The summed E-state index contributed by atoms with van der Waals surface area (Å²) in [6.45, 7) is 0. The largest absolute Gasteiger partial charge is 0.463 e. The lowest BCUT2D eigenvalue weighted by Gasteiger charge is -1.95. The molecule has 0 saturated heterocycles. The van der Waals surface area contributed by atoms with E-state index in [-0.39, 0.29) is 0 Å². The molecule has 0 spiro atoms. The van der Waals surface area contributed by atoms with Gasteiger partial charge in [-0.2, -0.15) is 0 Å². The van der Waals surface area contributed by atoms with Gasteiger partial charge < -0.3 is 4.74 Å². The molecule has 0 N–H and O–H groups in total. The molecular formula is C7H4Br2O3S. The first kappa shape index (κ1) is 10.9. The van der Waals surface area contributed by atoms with Crippen LogP contribution < -0.4 is 0 Å². The van der Waals surface area contributed by atoms with Crippen LogP contribution in [-0.4, -0.2) is 18.9 Å². The van der Waals surface area contributed by atoms with Crippen molar-refractivity contribution in [2.75, 3.05) is 7.11 Å². The number of esters is 1. The van der Waals surface area contributed by atoms with Crippen molar-refractivity contribution in [1.29, 1.82) is 0 Å². The number of carbonyl (C=O) groups excluding carboxylic acids is 2. The molecule has 0 radical (unpaired) electrons. The Morgan fingerprint density at radius 1 is 1.46 bits per heavy atom. The van der Waals surface area contributed by atoms with Gasteiger partial charge in [0.25, 0.3) is 5.78 Å². The van der Waals surface area contributed by atoms with E-state index < -0.39 is 11.8 Å². The number of Topliss-reactive ketones (excluding diaryl/α,β-unsaturated/α-hetero) is 1. The fourth-order valence-electron chi connectivity index (χ4n) is 0.698. The van der Waals surface area contributed by atoms with Crippen LogP contribution in [0, 0.1) is 0 Å². The summed E-state index contributed by atoms with van der Waals surface area (Å²) in [6.07, 6.45) is 0. The van der Waals surface area contributed by atoms with Crippen molar-refractivity contribution in [3.05, 3.63) is 19.2 Å². The van der Waals surface area contributed by atoms with Crippen LogP contribution >= 0.6 is 43.2 Å². The van der Waals surface area contributed by atoms with Crippen LogP contribution in [0.25, 0.3) is 0 Å². The number of ketones is 1. The summed E-state index contributed by atoms with van der Waals surface area (Å²) in [7, 11) is 1.18. The quantitative estimate of drug-likeness (QED) is 0.476. The lowest BCUT2D eigenvalue weighted by atomic mass is 10.2. The van der Waals surface area contributed by atoms with Crippen molar-refractivity contribution in [1.82, 2.24) is 0 Å². The zero-order valence-electron chi connectivity index (χ0n) is 6.47. The highest BCUT2D eigenvalue weighted by atomic mass is 79.9. The topological polar surface area (TPSA) is 43.4 Å². The molecule has 0 fully saturated rings. The Hall–Kier alpha value is -0.200. The van der Waals surface area contributed by atoms with Crippen LogP contribution in [0.4, 0.5) is 0 Å². The van der Waals surface area contributed by atoms with E-state index in [0.717, 1.165) is 3.79 Å². The fraction of sp³-hybridized carbons (Fsp3) is 0.143. The second kappa shape index (κ2) is 4.34. The number of carbonyl (C=O) groups is 2. The SMILES string of the molecule is COC(=O)C(=O)c1cc(Br)sc1Br. The second-order valence-electron chi connectivity index (χ2n) is 2.06. The van der Waals surface area contributed by atoms with E-state index in [9.17, 15) is 9.59 Å². The summed E-state index contributed by atoms with van der Waals surface area (Å²) >= 11 is 7.71. The molecule has 0 saturated carbocycles. The summed E-state index contributed by atoms with van der Waals surface area (Å²) in [5.74, 6) is -1.50. The maximum Gasteiger partial charge on any atom is 0.379 e. The Bertz CT molecular complexity index is 359. The molecule has 0 amide bonds. The monoisotopic (exact) mass is 326 g/mol. The number of hydrogen-bond donors (Lipinski definition) is 0. The van der Waals surface area contributed by atoms with E-state index in [1.54, 1.807) is 6.07 Å². The first-order valence-corrected chi connectivity index (χ1v) is 5.54. The lowest BCUT2D eigenvalue weighted by molar-refractivity contribution is -0.135. The Morgan fingerprint density at radius 2 is 2.08 bits per heavy atom. The molecule has 3 nitrogen and oxygen atoms in total. The summed E-state index contributed by atoms with van der Waals surface area (Å²) in [6, 6.07) is 1.58. The number of ether oxygens (including phenoxy) is 1. The van der Waals surface area contributed by atoms with E-state index in [0.29, 0.717) is 9.35 Å². The Labute approximate surface area is 95.3 Å². The van der Waals surface area contributed by atoms with Crippen LogP contribution in [0.3, 0.4) is 0 Å². The molecule has 0 unspecified atom stereocenters. The lowest BCUT2D eigenvalue weighted by Crippen LogP contribution is -2.15. The van der Waals surface area contributed by atoms with Crippen LogP contribution in [-0.2, 0) is 9.53 Å². The Kier molecular flexibility index (Phi) is 3.63. The molecule has 13 heavy (non-hydrogen) atoms. The zero-order valence-corrected chi connectivity index (χ0v) is 10.5. The highest BCUT2D eigenvalue weighted by molar-refractivity contribution is 9.12. The van der Waals surface area contributed by atoms with Crippen molar-refractivity contribution in [3.63, 3.8) is 0 Å². The van der Waals surface area contributed by atoms with E-state index in [2.05, 4.69) is 36.6 Å². The first-order chi connectivity index (χ1) is 6.06. The molecule has 1 rings (SSSR count). The van der Waals surface area contributed by atoms with E-state index >= 15 is 0 Å². The molecule has 6 heteroatoms. The average molecular weight is 328 g/mol. The fourth-order valence-corrected chi connectivity index (χ4v) is 3.49. The molecule has 0 aliphatic heterocycles. The third-order valence-corrected chi connectivity index (χ3v) is 3.61. The second-order valence-corrected chi connectivity index (χ2v) is 5.81. The molecule has 0 aliphatic carbocycles. The predicted molar refractivity (Wildman–Crippen MR) is 56.1 cm³/mol.